The van der Waals surface area contributed by atoms with E-state index in [9.17, 15) is 13.6 Å². The first-order valence-electron chi connectivity index (χ1n) is 5.37. The average molecular weight is 274 g/mol. The lowest BCUT2D eigenvalue weighted by molar-refractivity contribution is -0.127. The third-order valence-electron chi connectivity index (χ3n) is 2.53. The van der Waals surface area contributed by atoms with E-state index in [1.165, 1.54) is 0 Å². The van der Waals surface area contributed by atoms with E-state index in [1.54, 1.807) is 12.3 Å². The molecule has 0 radical (unpaired) electrons. The SMILES string of the molecule is C=C(N)C(=C)S/C=C(\C)C(=O)N1CCC(F)(F)C1. The van der Waals surface area contributed by atoms with Crippen LogP contribution >= 0.6 is 11.8 Å². The highest BCUT2D eigenvalue weighted by atomic mass is 32.2. The first-order valence-corrected chi connectivity index (χ1v) is 6.25. The number of carbonyl (C=O) groups excluding carboxylic acids is 1. The normalized spacial score (nSPS) is 18.8. The molecule has 0 aromatic carbocycles. The Labute approximate surface area is 109 Å². The molecular formula is C12H16F2N2OS. The fourth-order valence-corrected chi connectivity index (χ4v) is 2.02. The number of carbonyl (C=O) groups is 1. The molecule has 18 heavy (non-hydrogen) atoms. The minimum absolute atomic E-state index is 0.0895. The van der Waals surface area contributed by atoms with Crippen molar-refractivity contribution in [1.82, 2.24) is 4.90 Å². The van der Waals surface area contributed by atoms with Crippen LogP contribution in [0.4, 0.5) is 8.78 Å². The number of amides is 1. The molecule has 2 N–H and O–H groups in total. The van der Waals surface area contributed by atoms with Crippen molar-refractivity contribution in [3.8, 4) is 0 Å². The Bertz CT molecular complexity index is 418. The van der Waals surface area contributed by atoms with Crippen molar-refractivity contribution < 1.29 is 13.6 Å². The lowest BCUT2D eigenvalue weighted by atomic mass is 10.3. The van der Waals surface area contributed by atoms with Crippen LogP contribution in [0, 0.1) is 0 Å². The molecule has 0 aromatic rings. The van der Waals surface area contributed by atoms with Crippen LogP contribution in [0.25, 0.3) is 0 Å². The summed E-state index contributed by atoms with van der Waals surface area (Å²) in [5.74, 6) is -3.15. The lowest BCUT2D eigenvalue weighted by Gasteiger charge is -2.16. The summed E-state index contributed by atoms with van der Waals surface area (Å²) in [6.07, 6.45) is -0.272. The third-order valence-corrected chi connectivity index (χ3v) is 3.55. The number of halogens is 2. The summed E-state index contributed by atoms with van der Waals surface area (Å²) in [5, 5.41) is 1.55. The minimum atomic E-state index is -2.77. The van der Waals surface area contributed by atoms with Gasteiger partial charge in [0.15, 0.2) is 0 Å². The standard InChI is InChI=1S/C12H16F2N2OS/c1-8(6-18-10(3)9(2)15)11(17)16-5-4-12(13,14)7-16/h6H,2-5,7,15H2,1H3/b8-6+. The molecule has 1 rings (SSSR count). The van der Waals surface area contributed by atoms with Gasteiger partial charge in [-0.2, -0.15) is 0 Å². The summed E-state index contributed by atoms with van der Waals surface area (Å²) in [5.41, 5.74) is 6.13. The van der Waals surface area contributed by atoms with Crippen LogP contribution in [0.1, 0.15) is 13.3 Å². The molecule has 0 atom stereocenters. The summed E-state index contributed by atoms with van der Waals surface area (Å²) in [6.45, 7) is 8.33. The highest BCUT2D eigenvalue weighted by Gasteiger charge is 2.40. The van der Waals surface area contributed by atoms with Crippen LogP contribution in [0.2, 0.25) is 0 Å². The van der Waals surface area contributed by atoms with Gasteiger partial charge in [0.2, 0.25) is 5.91 Å². The Morgan fingerprint density at radius 1 is 1.50 bits per heavy atom. The molecule has 1 heterocycles. The Morgan fingerprint density at radius 3 is 2.56 bits per heavy atom. The zero-order chi connectivity index (χ0) is 13.9. The smallest absolute Gasteiger partial charge is 0.267 e. The van der Waals surface area contributed by atoms with Crippen molar-refractivity contribution in [3.63, 3.8) is 0 Å². The van der Waals surface area contributed by atoms with E-state index in [2.05, 4.69) is 13.2 Å². The zero-order valence-corrected chi connectivity index (χ0v) is 11.0. The molecule has 100 valence electrons. The van der Waals surface area contributed by atoms with Gasteiger partial charge >= 0.3 is 0 Å². The molecule has 6 heteroatoms. The number of likely N-dealkylation sites (tertiary alicyclic amines) is 1. The van der Waals surface area contributed by atoms with Gasteiger partial charge in [-0.1, -0.05) is 24.9 Å². The summed E-state index contributed by atoms with van der Waals surface area (Å²) in [4.78, 5) is 13.5. The van der Waals surface area contributed by atoms with E-state index in [0.29, 0.717) is 16.2 Å². The summed E-state index contributed by atoms with van der Waals surface area (Å²) in [7, 11) is 0. The molecule has 0 unspecified atom stereocenters. The highest BCUT2D eigenvalue weighted by Crippen LogP contribution is 2.28. The maximum absolute atomic E-state index is 13.0. The second-order valence-electron chi connectivity index (χ2n) is 4.20. The van der Waals surface area contributed by atoms with Crippen molar-refractivity contribution in [2.75, 3.05) is 13.1 Å². The van der Waals surface area contributed by atoms with E-state index in [1.807, 2.05) is 0 Å². The van der Waals surface area contributed by atoms with Gasteiger partial charge < -0.3 is 10.6 Å². The Balaban J connectivity index is 2.59. The summed E-state index contributed by atoms with van der Waals surface area (Å²) >= 11 is 1.16. The molecule has 1 aliphatic heterocycles. The van der Waals surface area contributed by atoms with Crippen molar-refractivity contribution >= 4 is 17.7 Å². The fourth-order valence-electron chi connectivity index (χ4n) is 1.44. The molecule has 3 nitrogen and oxygen atoms in total. The summed E-state index contributed by atoms with van der Waals surface area (Å²) < 4.78 is 26.0. The molecule has 1 aliphatic rings. The van der Waals surface area contributed by atoms with E-state index in [4.69, 9.17) is 5.73 Å². The second kappa shape index (κ2) is 5.56. The largest absolute Gasteiger partial charge is 0.398 e. The number of rotatable bonds is 4. The van der Waals surface area contributed by atoms with E-state index in [0.717, 1.165) is 16.7 Å². The molecule has 0 bridgehead atoms. The quantitative estimate of drug-likeness (QED) is 0.633. The third kappa shape index (κ3) is 3.87. The van der Waals surface area contributed by atoms with Gasteiger partial charge in [0, 0.05) is 29.1 Å². The maximum Gasteiger partial charge on any atom is 0.267 e. The van der Waals surface area contributed by atoms with Gasteiger partial charge in [0.1, 0.15) is 0 Å². The predicted octanol–water partition coefficient (Wildman–Crippen LogP) is 2.48. The van der Waals surface area contributed by atoms with Gasteiger partial charge in [0.25, 0.3) is 5.92 Å². The number of alkyl halides is 2. The number of nitrogens with zero attached hydrogens (tertiary/aromatic N) is 1. The van der Waals surface area contributed by atoms with Gasteiger partial charge in [-0.25, -0.2) is 8.78 Å². The molecule has 0 spiro atoms. The van der Waals surface area contributed by atoms with Gasteiger partial charge in [0.05, 0.1) is 6.54 Å². The number of thioether (sulfide) groups is 1. The predicted molar refractivity (Wildman–Crippen MR) is 70.0 cm³/mol. The van der Waals surface area contributed by atoms with Crippen molar-refractivity contribution in [3.05, 3.63) is 34.7 Å². The van der Waals surface area contributed by atoms with Crippen LogP contribution in [0.5, 0.6) is 0 Å². The number of hydrogen-bond donors (Lipinski definition) is 1. The molecule has 0 aromatic heterocycles. The van der Waals surface area contributed by atoms with Crippen LogP contribution in [-0.4, -0.2) is 29.8 Å². The maximum atomic E-state index is 13.0. The van der Waals surface area contributed by atoms with E-state index >= 15 is 0 Å². The van der Waals surface area contributed by atoms with E-state index in [-0.39, 0.29) is 18.9 Å². The van der Waals surface area contributed by atoms with E-state index < -0.39 is 12.5 Å². The van der Waals surface area contributed by atoms with Crippen LogP contribution in [0.3, 0.4) is 0 Å². The number of nitrogens with two attached hydrogens (primary N) is 1. The van der Waals surface area contributed by atoms with Crippen molar-refractivity contribution in [1.29, 1.82) is 0 Å². The highest BCUT2D eigenvalue weighted by molar-refractivity contribution is 8.06. The zero-order valence-electron chi connectivity index (χ0n) is 10.2. The Morgan fingerprint density at radius 2 is 2.11 bits per heavy atom. The first kappa shape index (κ1) is 14.8. The van der Waals surface area contributed by atoms with Gasteiger partial charge in [-0.3, -0.25) is 4.79 Å². The molecule has 1 saturated heterocycles. The van der Waals surface area contributed by atoms with Gasteiger partial charge in [-0.15, -0.1) is 0 Å². The number of hydrogen-bond acceptors (Lipinski definition) is 3. The lowest BCUT2D eigenvalue weighted by Crippen LogP contribution is -2.31. The minimum Gasteiger partial charge on any atom is -0.398 e. The van der Waals surface area contributed by atoms with Gasteiger partial charge in [-0.05, 0) is 12.3 Å². The Kier molecular flexibility index (Phi) is 4.56. The molecule has 0 aliphatic carbocycles. The molecule has 0 saturated carbocycles. The Hall–Kier alpha value is -1.30. The molecule has 1 amide bonds. The van der Waals surface area contributed by atoms with Crippen molar-refractivity contribution in [2.45, 2.75) is 19.3 Å². The topological polar surface area (TPSA) is 46.3 Å². The second-order valence-corrected chi connectivity index (χ2v) is 5.16. The monoisotopic (exact) mass is 274 g/mol. The van der Waals surface area contributed by atoms with Crippen molar-refractivity contribution in [2.24, 2.45) is 5.73 Å². The van der Waals surface area contributed by atoms with Crippen LogP contribution in [-0.2, 0) is 4.79 Å². The van der Waals surface area contributed by atoms with Crippen LogP contribution < -0.4 is 5.73 Å². The molecule has 1 fully saturated rings. The first-order chi connectivity index (χ1) is 8.23. The average Bonchev–Trinajstić information content (AvgIpc) is 2.64. The molecular weight excluding hydrogens is 258 g/mol. The summed E-state index contributed by atoms with van der Waals surface area (Å²) in [6, 6.07) is 0. The fraction of sp³-hybridized carbons (Fsp3) is 0.417. The van der Waals surface area contributed by atoms with Crippen LogP contribution in [0.15, 0.2) is 34.7 Å².